The topological polar surface area (TPSA) is 102 Å². The van der Waals surface area contributed by atoms with E-state index in [9.17, 15) is 14.4 Å². The Morgan fingerprint density at radius 2 is 1.74 bits per heavy atom. The van der Waals surface area contributed by atoms with Crippen LogP contribution in [0.5, 0.6) is 0 Å². The number of carbonyl (C=O) groups is 3. The number of aryl methyl sites for hydroxylation is 1. The van der Waals surface area contributed by atoms with Crippen LogP contribution >= 0.6 is 11.8 Å². The minimum atomic E-state index is -0.701. The van der Waals surface area contributed by atoms with E-state index in [2.05, 4.69) is 15.6 Å². The molecule has 0 fully saturated rings. The summed E-state index contributed by atoms with van der Waals surface area (Å²) in [5.74, 6) is -1.59. The van der Waals surface area contributed by atoms with Gasteiger partial charge in [0.1, 0.15) is 0 Å². The van der Waals surface area contributed by atoms with Gasteiger partial charge in [-0.05, 0) is 43.0 Å². The molecule has 2 aromatic heterocycles. The molecule has 8 nitrogen and oxygen atoms in total. The summed E-state index contributed by atoms with van der Waals surface area (Å²) in [6, 6.07) is 19.9. The van der Waals surface area contributed by atoms with Crippen LogP contribution in [0.25, 0.3) is 5.52 Å². The molecule has 0 saturated carbocycles. The third-order valence-corrected chi connectivity index (χ3v) is 5.90. The van der Waals surface area contributed by atoms with Gasteiger partial charge in [0.15, 0.2) is 17.5 Å². The highest BCUT2D eigenvalue weighted by Gasteiger charge is 2.20. The Morgan fingerprint density at radius 1 is 1.00 bits per heavy atom. The predicted octanol–water partition coefficient (Wildman–Crippen LogP) is 4.09. The SMILES string of the molecule is CSc1nc(C(=O)OCC(=O)Nc2ccccc2C(=O)NCc2ccc(C)cc2)c2ccccn12. The number of nitrogens with one attached hydrogen (secondary N) is 2. The lowest BCUT2D eigenvalue weighted by atomic mass is 10.1. The van der Waals surface area contributed by atoms with Gasteiger partial charge in [0, 0.05) is 12.7 Å². The molecule has 0 unspecified atom stereocenters. The largest absolute Gasteiger partial charge is 0.451 e. The van der Waals surface area contributed by atoms with Gasteiger partial charge in [-0.15, -0.1) is 0 Å². The molecule has 0 aliphatic heterocycles. The first-order valence-electron chi connectivity index (χ1n) is 10.9. The van der Waals surface area contributed by atoms with Crippen molar-refractivity contribution in [3.63, 3.8) is 0 Å². The number of benzene rings is 2. The van der Waals surface area contributed by atoms with Crippen LogP contribution in [-0.4, -0.2) is 40.0 Å². The maximum absolute atomic E-state index is 12.7. The summed E-state index contributed by atoms with van der Waals surface area (Å²) < 4.78 is 6.99. The van der Waals surface area contributed by atoms with Gasteiger partial charge < -0.3 is 15.4 Å². The number of esters is 1. The normalized spacial score (nSPS) is 10.7. The first-order chi connectivity index (χ1) is 17.0. The molecule has 4 aromatic rings. The molecular weight excluding hydrogens is 464 g/mol. The van der Waals surface area contributed by atoms with Crippen LogP contribution in [0.1, 0.15) is 32.0 Å². The van der Waals surface area contributed by atoms with Crippen molar-refractivity contribution in [3.05, 3.63) is 95.3 Å². The Morgan fingerprint density at radius 3 is 2.51 bits per heavy atom. The second-order valence-corrected chi connectivity index (χ2v) is 8.51. The first kappa shape index (κ1) is 24.0. The molecule has 0 radical (unpaired) electrons. The highest BCUT2D eigenvalue weighted by molar-refractivity contribution is 7.98. The molecular formula is C26H24N4O4S. The monoisotopic (exact) mass is 488 g/mol. The zero-order valence-electron chi connectivity index (χ0n) is 19.3. The van der Waals surface area contributed by atoms with E-state index < -0.39 is 18.5 Å². The molecule has 4 rings (SSSR count). The molecule has 0 bridgehead atoms. The summed E-state index contributed by atoms with van der Waals surface area (Å²) in [6.07, 6.45) is 3.66. The molecule has 0 aliphatic carbocycles. The molecule has 0 spiro atoms. The Kier molecular flexibility index (Phi) is 7.47. The van der Waals surface area contributed by atoms with E-state index in [0.717, 1.165) is 11.1 Å². The highest BCUT2D eigenvalue weighted by Crippen LogP contribution is 2.21. The van der Waals surface area contributed by atoms with Gasteiger partial charge in [0.05, 0.1) is 16.8 Å². The minimum Gasteiger partial charge on any atom is -0.451 e. The fourth-order valence-corrected chi connectivity index (χ4v) is 4.00. The van der Waals surface area contributed by atoms with Crippen molar-refractivity contribution in [1.29, 1.82) is 0 Å². The third kappa shape index (κ3) is 5.70. The second kappa shape index (κ2) is 10.9. The van der Waals surface area contributed by atoms with Gasteiger partial charge in [-0.25, -0.2) is 9.78 Å². The standard InChI is InChI=1S/C26H24N4O4S/c1-17-10-12-18(13-11-17)15-27-24(32)19-7-3-4-8-20(19)28-22(31)16-34-25(33)23-21-9-5-6-14-30(21)26(29-23)35-2/h3-14H,15-16H2,1-2H3,(H,27,32)(H,28,31). The number of para-hydroxylation sites is 1. The zero-order valence-corrected chi connectivity index (χ0v) is 20.1. The van der Waals surface area contributed by atoms with Crippen LogP contribution in [0.2, 0.25) is 0 Å². The van der Waals surface area contributed by atoms with Crippen LogP contribution in [0.3, 0.4) is 0 Å². The third-order valence-electron chi connectivity index (χ3n) is 5.25. The van der Waals surface area contributed by atoms with E-state index in [1.807, 2.05) is 43.5 Å². The van der Waals surface area contributed by atoms with Crippen LogP contribution in [0, 0.1) is 6.92 Å². The molecule has 0 aliphatic rings. The molecule has 2 aromatic carbocycles. The van der Waals surface area contributed by atoms with Crippen LogP contribution in [-0.2, 0) is 16.1 Å². The number of ether oxygens (including phenoxy) is 1. The van der Waals surface area contributed by atoms with Gasteiger partial charge in [0.25, 0.3) is 11.8 Å². The average molecular weight is 489 g/mol. The van der Waals surface area contributed by atoms with Gasteiger partial charge in [-0.3, -0.25) is 14.0 Å². The first-order valence-corrected chi connectivity index (χ1v) is 12.1. The number of pyridine rings is 1. The minimum absolute atomic E-state index is 0.138. The Labute approximate surface area is 206 Å². The molecule has 0 atom stereocenters. The van der Waals surface area contributed by atoms with Crippen molar-refractivity contribution in [1.82, 2.24) is 14.7 Å². The number of fused-ring (bicyclic) bond motifs is 1. The van der Waals surface area contributed by atoms with Crippen molar-refractivity contribution in [2.24, 2.45) is 0 Å². The van der Waals surface area contributed by atoms with E-state index in [0.29, 0.717) is 28.5 Å². The Balaban J connectivity index is 1.38. The van der Waals surface area contributed by atoms with Gasteiger partial charge in [-0.1, -0.05) is 59.8 Å². The Hall–Kier alpha value is -4.11. The predicted molar refractivity (Wildman–Crippen MR) is 135 cm³/mol. The number of carbonyl (C=O) groups excluding carboxylic acids is 3. The smallest absolute Gasteiger partial charge is 0.359 e. The van der Waals surface area contributed by atoms with E-state index in [4.69, 9.17) is 4.74 Å². The number of thioether (sulfide) groups is 1. The number of nitrogens with zero attached hydrogens (tertiary/aromatic N) is 2. The van der Waals surface area contributed by atoms with Crippen LogP contribution in [0.15, 0.2) is 78.1 Å². The Bertz CT molecular complexity index is 1380. The summed E-state index contributed by atoms with van der Waals surface area (Å²) >= 11 is 1.40. The number of hydrogen-bond acceptors (Lipinski definition) is 6. The van der Waals surface area contributed by atoms with Crippen LogP contribution in [0.4, 0.5) is 5.69 Å². The number of anilines is 1. The van der Waals surface area contributed by atoms with Crippen molar-refractivity contribution in [2.75, 3.05) is 18.2 Å². The zero-order chi connectivity index (χ0) is 24.8. The van der Waals surface area contributed by atoms with E-state index in [1.165, 1.54) is 11.8 Å². The van der Waals surface area contributed by atoms with E-state index in [-0.39, 0.29) is 11.6 Å². The molecule has 9 heteroatoms. The van der Waals surface area contributed by atoms with Crippen LogP contribution < -0.4 is 10.6 Å². The summed E-state index contributed by atoms with van der Waals surface area (Å²) in [7, 11) is 0. The molecule has 35 heavy (non-hydrogen) atoms. The van der Waals surface area contributed by atoms with Crippen molar-refractivity contribution in [2.45, 2.75) is 18.6 Å². The van der Waals surface area contributed by atoms with Crippen molar-refractivity contribution >= 4 is 40.7 Å². The van der Waals surface area contributed by atoms with E-state index >= 15 is 0 Å². The van der Waals surface area contributed by atoms with Gasteiger partial charge >= 0.3 is 5.97 Å². The highest BCUT2D eigenvalue weighted by atomic mass is 32.2. The lowest BCUT2D eigenvalue weighted by Crippen LogP contribution is -2.26. The van der Waals surface area contributed by atoms with Crippen molar-refractivity contribution in [3.8, 4) is 0 Å². The molecule has 178 valence electrons. The fourth-order valence-electron chi connectivity index (χ4n) is 3.46. The average Bonchev–Trinajstić information content (AvgIpc) is 3.26. The van der Waals surface area contributed by atoms with Gasteiger partial charge in [-0.2, -0.15) is 0 Å². The fraction of sp³-hybridized carbons (Fsp3) is 0.154. The number of amides is 2. The summed E-state index contributed by atoms with van der Waals surface area (Å²) in [5.41, 5.74) is 3.47. The lowest BCUT2D eigenvalue weighted by molar-refractivity contribution is -0.119. The second-order valence-electron chi connectivity index (χ2n) is 7.74. The summed E-state index contributed by atoms with van der Waals surface area (Å²) in [5, 5.41) is 6.15. The number of hydrogen-bond donors (Lipinski definition) is 2. The number of aromatic nitrogens is 2. The lowest BCUT2D eigenvalue weighted by Gasteiger charge is -2.12. The molecule has 0 saturated heterocycles. The maximum atomic E-state index is 12.7. The summed E-state index contributed by atoms with van der Waals surface area (Å²) in [4.78, 5) is 42.2. The van der Waals surface area contributed by atoms with Gasteiger partial charge in [0.2, 0.25) is 0 Å². The maximum Gasteiger partial charge on any atom is 0.359 e. The quantitative estimate of drug-likeness (QED) is 0.286. The number of imidazole rings is 1. The molecule has 2 N–H and O–H groups in total. The molecule has 2 amide bonds. The van der Waals surface area contributed by atoms with Crippen molar-refractivity contribution < 1.29 is 19.1 Å². The summed E-state index contributed by atoms with van der Waals surface area (Å²) in [6.45, 7) is 1.84. The van der Waals surface area contributed by atoms with E-state index in [1.54, 1.807) is 47.0 Å². The number of rotatable bonds is 8. The molecule has 2 heterocycles.